The Balaban J connectivity index is 1.99. The van der Waals surface area contributed by atoms with Crippen molar-refractivity contribution in [2.75, 3.05) is 0 Å². The van der Waals surface area contributed by atoms with Crippen molar-refractivity contribution < 1.29 is 9.53 Å². The van der Waals surface area contributed by atoms with Gasteiger partial charge in [-0.3, -0.25) is 4.79 Å². The Bertz CT molecular complexity index is 679. The van der Waals surface area contributed by atoms with E-state index < -0.39 is 6.10 Å². The lowest BCUT2D eigenvalue weighted by molar-refractivity contribution is -0.127. The molecule has 124 valence electrons. The van der Waals surface area contributed by atoms with Gasteiger partial charge in [0.05, 0.1) is 17.2 Å². The van der Waals surface area contributed by atoms with Crippen LogP contribution in [-0.4, -0.2) is 17.0 Å². The van der Waals surface area contributed by atoms with Crippen molar-refractivity contribution in [1.82, 2.24) is 10.3 Å². The number of nitrogens with zero attached hydrogens (tertiary/aromatic N) is 1. The second kappa shape index (κ2) is 7.59. The van der Waals surface area contributed by atoms with Crippen molar-refractivity contribution in [1.29, 1.82) is 0 Å². The highest BCUT2D eigenvalue weighted by Crippen LogP contribution is 2.28. The lowest BCUT2D eigenvalue weighted by Crippen LogP contribution is -2.36. The molecule has 0 aliphatic heterocycles. The molecule has 5 heteroatoms. The van der Waals surface area contributed by atoms with E-state index in [4.69, 9.17) is 4.74 Å². The van der Waals surface area contributed by atoms with E-state index >= 15 is 0 Å². The van der Waals surface area contributed by atoms with Crippen molar-refractivity contribution >= 4 is 17.2 Å². The summed E-state index contributed by atoms with van der Waals surface area (Å²) in [7, 11) is 0. The SMILES string of the molecule is Cc1ccc(C(C)C)c(O[C@H](C)C(=O)NCc2csc(C)n2)c1. The number of hydrogen-bond acceptors (Lipinski definition) is 4. The van der Waals surface area contributed by atoms with Crippen LogP contribution < -0.4 is 10.1 Å². The van der Waals surface area contributed by atoms with Crippen molar-refractivity contribution in [3.8, 4) is 5.75 Å². The van der Waals surface area contributed by atoms with Gasteiger partial charge >= 0.3 is 0 Å². The summed E-state index contributed by atoms with van der Waals surface area (Å²) in [4.78, 5) is 16.6. The molecule has 1 atom stereocenters. The smallest absolute Gasteiger partial charge is 0.261 e. The molecule has 1 aromatic carbocycles. The van der Waals surface area contributed by atoms with Gasteiger partial charge in [0.25, 0.3) is 5.91 Å². The number of nitrogens with one attached hydrogen (secondary N) is 1. The summed E-state index contributed by atoms with van der Waals surface area (Å²) in [5.74, 6) is 0.998. The van der Waals surface area contributed by atoms with Gasteiger partial charge in [-0.2, -0.15) is 0 Å². The van der Waals surface area contributed by atoms with Crippen LogP contribution in [0.25, 0.3) is 0 Å². The number of aromatic nitrogens is 1. The minimum Gasteiger partial charge on any atom is -0.481 e. The van der Waals surface area contributed by atoms with Gasteiger partial charge in [-0.15, -0.1) is 11.3 Å². The van der Waals surface area contributed by atoms with E-state index in [1.807, 2.05) is 25.3 Å². The quantitative estimate of drug-likeness (QED) is 0.871. The predicted molar refractivity (Wildman–Crippen MR) is 94.1 cm³/mol. The highest BCUT2D eigenvalue weighted by Gasteiger charge is 2.17. The maximum Gasteiger partial charge on any atom is 0.261 e. The minimum absolute atomic E-state index is 0.133. The molecule has 2 rings (SSSR count). The summed E-state index contributed by atoms with van der Waals surface area (Å²) in [5.41, 5.74) is 3.12. The van der Waals surface area contributed by atoms with Crippen LogP contribution in [0.5, 0.6) is 5.75 Å². The fraction of sp³-hybridized carbons (Fsp3) is 0.444. The molecular formula is C18H24N2O2S. The number of aryl methyl sites for hydroxylation is 2. The summed E-state index contributed by atoms with van der Waals surface area (Å²) in [6.45, 7) is 10.4. The molecule has 0 fully saturated rings. The van der Waals surface area contributed by atoms with Gasteiger partial charge in [0.2, 0.25) is 0 Å². The average molecular weight is 332 g/mol. The Labute approximate surface area is 141 Å². The average Bonchev–Trinajstić information content (AvgIpc) is 2.90. The Morgan fingerprint density at radius 1 is 1.30 bits per heavy atom. The van der Waals surface area contributed by atoms with E-state index in [1.54, 1.807) is 18.3 Å². The van der Waals surface area contributed by atoms with Gasteiger partial charge in [-0.05, 0) is 43.9 Å². The zero-order chi connectivity index (χ0) is 17.0. The molecule has 1 heterocycles. The zero-order valence-corrected chi connectivity index (χ0v) is 15.2. The normalized spacial score (nSPS) is 12.3. The van der Waals surface area contributed by atoms with Gasteiger partial charge in [-0.1, -0.05) is 26.0 Å². The molecule has 23 heavy (non-hydrogen) atoms. The molecule has 0 bridgehead atoms. The first kappa shape index (κ1) is 17.5. The fourth-order valence-electron chi connectivity index (χ4n) is 2.28. The molecule has 1 aromatic heterocycles. The maximum absolute atomic E-state index is 12.2. The first-order valence-electron chi connectivity index (χ1n) is 7.82. The predicted octanol–water partition coefficient (Wildman–Crippen LogP) is 3.97. The van der Waals surface area contributed by atoms with Gasteiger partial charge in [0, 0.05) is 5.38 Å². The second-order valence-corrected chi connectivity index (χ2v) is 7.09. The minimum atomic E-state index is -0.547. The first-order valence-corrected chi connectivity index (χ1v) is 8.70. The number of amides is 1. The Morgan fingerprint density at radius 2 is 2.04 bits per heavy atom. The highest BCUT2D eigenvalue weighted by molar-refractivity contribution is 7.09. The van der Waals surface area contributed by atoms with E-state index in [-0.39, 0.29) is 5.91 Å². The maximum atomic E-state index is 12.2. The third-order valence-corrected chi connectivity index (χ3v) is 4.40. The lowest BCUT2D eigenvalue weighted by atomic mass is 10.0. The van der Waals surface area contributed by atoms with Crippen molar-refractivity contribution in [2.45, 2.75) is 53.2 Å². The molecule has 0 radical (unpaired) electrons. The van der Waals surface area contributed by atoms with Crippen LogP contribution in [0.3, 0.4) is 0 Å². The summed E-state index contributed by atoms with van der Waals surface area (Å²) in [6.07, 6.45) is -0.547. The number of ether oxygens (including phenoxy) is 1. The number of carbonyl (C=O) groups excluding carboxylic acids is 1. The van der Waals surface area contributed by atoms with Gasteiger partial charge < -0.3 is 10.1 Å². The molecule has 0 spiro atoms. The highest BCUT2D eigenvalue weighted by atomic mass is 32.1. The molecular weight excluding hydrogens is 308 g/mol. The van der Waals surface area contributed by atoms with Gasteiger partial charge in [0.15, 0.2) is 6.10 Å². The van der Waals surface area contributed by atoms with E-state index in [9.17, 15) is 4.79 Å². The molecule has 0 saturated carbocycles. The standard InChI is InChI=1S/C18H24N2O2S/c1-11(2)16-7-6-12(3)8-17(16)22-13(4)18(21)19-9-15-10-23-14(5)20-15/h6-8,10-11,13H,9H2,1-5H3,(H,19,21)/t13-/m1/s1. The summed E-state index contributed by atoms with van der Waals surface area (Å²) in [5, 5.41) is 5.83. The number of carbonyl (C=O) groups is 1. The number of thiazole rings is 1. The Kier molecular flexibility index (Phi) is 5.77. The van der Waals surface area contributed by atoms with E-state index in [0.29, 0.717) is 12.5 Å². The van der Waals surface area contributed by atoms with Crippen molar-refractivity contribution in [3.63, 3.8) is 0 Å². The first-order chi connectivity index (χ1) is 10.9. The van der Waals surface area contributed by atoms with Crippen LogP contribution in [0.2, 0.25) is 0 Å². The summed E-state index contributed by atoms with van der Waals surface area (Å²) in [6, 6.07) is 6.12. The number of hydrogen-bond donors (Lipinski definition) is 1. The monoisotopic (exact) mass is 332 g/mol. The lowest BCUT2D eigenvalue weighted by Gasteiger charge is -2.19. The molecule has 0 saturated heterocycles. The molecule has 1 amide bonds. The molecule has 0 unspecified atom stereocenters. The molecule has 4 nitrogen and oxygen atoms in total. The summed E-state index contributed by atoms with van der Waals surface area (Å²) >= 11 is 1.58. The van der Waals surface area contributed by atoms with Crippen LogP contribution in [0.15, 0.2) is 23.6 Å². The van der Waals surface area contributed by atoms with Crippen LogP contribution in [0.4, 0.5) is 0 Å². The van der Waals surface area contributed by atoms with Crippen LogP contribution in [0.1, 0.15) is 48.5 Å². The second-order valence-electron chi connectivity index (χ2n) is 6.03. The Morgan fingerprint density at radius 3 is 2.65 bits per heavy atom. The van der Waals surface area contributed by atoms with E-state index in [1.165, 1.54) is 0 Å². The third kappa shape index (κ3) is 4.79. The topological polar surface area (TPSA) is 51.2 Å². The van der Waals surface area contributed by atoms with Gasteiger partial charge in [-0.25, -0.2) is 4.98 Å². The third-order valence-electron chi connectivity index (χ3n) is 3.57. The van der Waals surface area contributed by atoms with E-state index in [2.05, 4.69) is 36.3 Å². The van der Waals surface area contributed by atoms with Crippen molar-refractivity contribution in [2.24, 2.45) is 0 Å². The molecule has 2 aromatic rings. The van der Waals surface area contributed by atoms with Crippen molar-refractivity contribution in [3.05, 3.63) is 45.4 Å². The number of rotatable bonds is 6. The Hall–Kier alpha value is -1.88. The van der Waals surface area contributed by atoms with E-state index in [0.717, 1.165) is 27.6 Å². The van der Waals surface area contributed by atoms with Crippen LogP contribution >= 0.6 is 11.3 Å². The molecule has 0 aliphatic carbocycles. The molecule has 1 N–H and O–H groups in total. The largest absolute Gasteiger partial charge is 0.481 e. The van der Waals surface area contributed by atoms with Crippen LogP contribution in [0, 0.1) is 13.8 Å². The molecule has 0 aliphatic rings. The van der Waals surface area contributed by atoms with Crippen LogP contribution in [-0.2, 0) is 11.3 Å². The number of benzene rings is 1. The zero-order valence-electron chi connectivity index (χ0n) is 14.3. The van der Waals surface area contributed by atoms with Gasteiger partial charge in [0.1, 0.15) is 5.75 Å². The summed E-state index contributed by atoms with van der Waals surface area (Å²) < 4.78 is 5.91. The fourth-order valence-corrected chi connectivity index (χ4v) is 2.89.